The molecule has 2 heterocycles. The van der Waals surface area contributed by atoms with Gasteiger partial charge in [-0.3, -0.25) is 0 Å². The summed E-state index contributed by atoms with van der Waals surface area (Å²) in [7, 11) is 2.12. The lowest BCUT2D eigenvalue weighted by Gasteiger charge is -2.29. The van der Waals surface area contributed by atoms with Crippen molar-refractivity contribution in [1.82, 2.24) is 9.38 Å². The second kappa shape index (κ2) is 5.61. The number of hydrogen-bond acceptors (Lipinski definition) is 3. The largest absolute Gasteiger partial charge is 0.355 e. The van der Waals surface area contributed by atoms with E-state index in [-0.39, 0.29) is 0 Å². The van der Waals surface area contributed by atoms with Crippen molar-refractivity contribution in [2.45, 2.75) is 33.2 Å². The van der Waals surface area contributed by atoms with E-state index in [0.717, 1.165) is 17.9 Å². The molecule has 0 fully saturated rings. The first kappa shape index (κ1) is 13.9. The van der Waals surface area contributed by atoms with Crippen molar-refractivity contribution >= 4 is 11.5 Å². The van der Waals surface area contributed by atoms with Crippen molar-refractivity contribution in [1.29, 1.82) is 0 Å². The Morgan fingerprint density at radius 3 is 2.68 bits per heavy atom. The van der Waals surface area contributed by atoms with E-state index in [1.165, 1.54) is 5.69 Å². The van der Waals surface area contributed by atoms with E-state index in [9.17, 15) is 0 Å². The monoisotopic (exact) mass is 260 g/mol. The van der Waals surface area contributed by atoms with Crippen LogP contribution in [0.1, 0.15) is 26.5 Å². The average Bonchev–Trinajstić information content (AvgIpc) is 2.76. The lowest BCUT2D eigenvalue weighted by Crippen LogP contribution is -2.34. The minimum atomic E-state index is 0.446. The molecular formula is C15H24N4. The van der Waals surface area contributed by atoms with Crippen LogP contribution in [0.3, 0.4) is 0 Å². The summed E-state index contributed by atoms with van der Waals surface area (Å²) >= 11 is 0. The maximum Gasteiger partial charge on any atom is 0.151 e. The maximum absolute atomic E-state index is 5.76. The fourth-order valence-corrected chi connectivity index (χ4v) is 2.33. The highest BCUT2D eigenvalue weighted by Crippen LogP contribution is 2.24. The first-order chi connectivity index (χ1) is 9.06. The van der Waals surface area contributed by atoms with Gasteiger partial charge in [-0.1, -0.05) is 19.9 Å². The Morgan fingerprint density at radius 1 is 1.32 bits per heavy atom. The summed E-state index contributed by atoms with van der Waals surface area (Å²) in [4.78, 5) is 7.03. The van der Waals surface area contributed by atoms with Crippen LogP contribution in [0.2, 0.25) is 0 Å². The smallest absolute Gasteiger partial charge is 0.151 e. The summed E-state index contributed by atoms with van der Waals surface area (Å²) in [5, 5.41) is 0. The normalized spacial score (nSPS) is 13.2. The van der Waals surface area contributed by atoms with Crippen molar-refractivity contribution in [3.8, 4) is 0 Å². The van der Waals surface area contributed by atoms with E-state index < -0.39 is 0 Å². The second-order valence-electron chi connectivity index (χ2n) is 5.45. The molecule has 0 spiro atoms. The molecular weight excluding hydrogens is 236 g/mol. The third kappa shape index (κ3) is 2.59. The zero-order chi connectivity index (χ0) is 14.0. The fourth-order valence-electron chi connectivity index (χ4n) is 2.33. The van der Waals surface area contributed by atoms with Crippen LogP contribution in [-0.2, 0) is 6.42 Å². The molecule has 104 valence electrons. The Kier molecular flexibility index (Phi) is 4.10. The number of rotatable bonds is 5. The Balaban J connectivity index is 2.49. The number of hydrogen-bond donors (Lipinski definition) is 1. The van der Waals surface area contributed by atoms with Crippen molar-refractivity contribution in [2.75, 3.05) is 18.5 Å². The number of anilines is 1. The van der Waals surface area contributed by atoms with E-state index in [0.29, 0.717) is 18.5 Å². The van der Waals surface area contributed by atoms with Gasteiger partial charge in [0.1, 0.15) is 5.65 Å². The number of pyridine rings is 1. The molecule has 2 N–H and O–H groups in total. The number of nitrogens with two attached hydrogens (primary N) is 1. The van der Waals surface area contributed by atoms with Crippen LogP contribution in [0, 0.1) is 5.92 Å². The van der Waals surface area contributed by atoms with Gasteiger partial charge in [0.2, 0.25) is 0 Å². The van der Waals surface area contributed by atoms with Crippen LogP contribution in [0.4, 0.5) is 5.82 Å². The fraction of sp³-hybridized carbons (Fsp3) is 0.533. The quantitative estimate of drug-likeness (QED) is 0.897. The van der Waals surface area contributed by atoms with Gasteiger partial charge in [-0.2, -0.15) is 0 Å². The van der Waals surface area contributed by atoms with Gasteiger partial charge in [-0.15, -0.1) is 0 Å². The lowest BCUT2D eigenvalue weighted by molar-refractivity contribution is 0.502. The van der Waals surface area contributed by atoms with Gasteiger partial charge in [-0.05, 0) is 31.5 Å². The molecule has 0 aliphatic carbocycles. The predicted molar refractivity (Wildman–Crippen MR) is 80.7 cm³/mol. The molecule has 0 amide bonds. The zero-order valence-corrected chi connectivity index (χ0v) is 12.3. The minimum Gasteiger partial charge on any atom is -0.355 e. The third-order valence-electron chi connectivity index (χ3n) is 3.90. The van der Waals surface area contributed by atoms with Gasteiger partial charge in [0.25, 0.3) is 0 Å². The van der Waals surface area contributed by atoms with E-state index in [1.54, 1.807) is 0 Å². The van der Waals surface area contributed by atoms with Gasteiger partial charge in [0.15, 0.2) is 5.82 Å². The van der Waals surface area contributed by atoms with Gasteiger partial charge < -0.3 is 15.0 Å². The highest BCUT2D eigenvalue weighted by atomic mass is 15.2. The van der Waals surface area contributed by atoms with Crippen LogP contribution in [0.15, 0.2) is 24.4 Å². The molecule has 2 rings (SSSR count). The maximum atomic E-state index is 5.76. The van der Waals surface area contributed by atoms with Gasteiger partial charge in [-0.25, -0.2) is 4.98 Å². The van der Waals surface area contributed by atoms with Crippen molar-refractivity contribution in [3.63, 3.8) is 0 Å². The molecule has 19 heavy (non-hydrogen) atoms. The van der Waals surface area contributed by atoms with Crippen LogP contribution in [-0.4, -0.2) is 29.0 Å². The topological polar surface area (TPSA) is 46.6 Å². The van der Waals surface area contributed by atoms with Crippen molar-refractivity contribution in [3.05, 3.63) is 30.1 Å². The molecule has 1 unspecified atom stereocenters. The summed E-state index contributed by atoms with van der Waals surface area (Å²) in [5.41, 5.74) is 7.95. The Labute approximate surface area is 115 Å². The van der Waals surface area contributed by atoms with E-state index in [2.05, 4.69) is 43.3 Å². The van der Waals surface area contributed by atoms with Crippen LogP contribution in [0.25, 0.3) is 5.65 Å². The summed E-state index contributed by atoms with van der Waals surface area (Å²) in [5.74, 6) is 1.64. The molecule has 1 atom stereocenters. The summed E-state index contributed by atoms with van der Waals surface area (Å²) in [6.45, 7) is 7.35. The summed E-state index contributed by atoms with van der Waals surface area (Å²) < 4.78 is 2.14. The van der Waals surface area contributed by atoms with Crippen molar-refractivity contribution < 1.29 is 0 Å². The minimum absolute atomic E-state index is 0.446. The highest BCUT2D eigenvalue weighted by Gasteiger charge is 2.20. The van der Waals surface area contributed by atoms with Crippen LogP contribution in [0.5, 0.6) is 0 Å². The first-order valence-corrected chi connectivity index (χ1v) is 6.95. The Morgan fingerprint density at radius 2 is 2.05 bits per heavy atom. The highest BCUT2D eigenvalue weighted by molar-refractivity contribution is 5.56. The average molecular weight is 260 g/mol. The summed E-state index contributed by atoms with van der Waals surface area (Å²) in [6, 6.07) is 6.54. The zero-order valence-electron chi connectivity index (χ0n) is 12.3. The summed E-state index contributed by atoms with van der Waals surface area (Å²) in [6.07, 6.45) is 2.90. The van der Waals surface area contributed by atoms with Gasteiger partial charge in [0.05, 0.1) is 5.69 Å². The van der Waals surface area contributed by atoms with Crippen LogP contribution < -0.4 is 10.6 Å². The van der Waals surface area contributed by atoms with E-state index in [1.807, 2.05) is 18.2 Å². The van der Waals surface area contributed by atoms with E-state index >= 15 is 0 Å². The standard InChI is InChI=1S/C15H24N4/c1-11(2)12(3)18(4)15-13(8-9-16)19-10-6-5-7-14(19)17-15/h5-7,10-12H,8-9,16H2,1-4H3. The molecule has 0 saturated heterocycles. The van der Waals surface area contributed by atoms with Gasteiger partial charge >= 0.3 is 0 Å². The first-order valence-electron chi connectivity index (χ1n) is 6.95. The van der Waals surface area contributed by atoms with Gasteiger partial charge in [0, 0.05) is 25.7 Å². The molecule has 0 aliphatic heterocycles. The van der Waals surface area contributed by atoms with Crippen molar-refractivity contribution in [2.24, 2.45) is 11.7 Å². The molecule has 4 nitrogen and oxygen atoms in total. The molecule has 0 aromatic carbocycles. The number of fused-ring (bicyclic) bond motifs is 1. The third-order valence-corrected chi connectivity index (χ3v) is 3.90. The number of imidazole rings is 1. The van der Waals surface area contributed by atoms with Crippen LogP contribution >= 0.6 is 0 Å². The molecule has 0 bridgehead atoms. The Hall–Kier alpha value is -1.55. The number of aromatic nitrogens is 2. The molecule has 4 heteroatoms. The Bertz CT molecular complexity index is 544. The second-order valence-corrected chi connectivity index (χ2v) is 5.45. The van der Waals surface area contributed by atoms with E-state index in [4.69, 9.17) is 10.7 Å². The SMILES string of the molecule is CC(C)C(C)N(C)c1nc2ccccn2c1CCN. The number of nitrogens with zero attached hydrogens (tertiary/aromatic N) is 3. The molecule has 0 saturated carbocycles. The molecule has 2 aromatic rings. The molecule has 0 radical (unpaired) electrons. The molecule has 2 aromatic heterocycles. The lowest BCUT2D eigenvalue weighted by atomic mass is 10.1. The molecule has 0 aliphatic rings. The predicted octanol–water partition coefficient (Wildman–Crippen LogP) is 2.32.